The summed E-state index contributed by atoms with van der Waals surface area (Å²) in [5.74, 6) is 1.32. The van der Waals surface area contributed by atoms with Crippen molar-refractivity contribution in [1.82, 2.24) is 15.5 Å². The molecule has 1 N–H and O–H groups in total. The smallest absolute Gasteiger partial charge is 0.258 e. The molecule has 0 aliphatic carbocycles. The largest absolute Gasteiger partial charge is 0.334 e. The molecule has 86 valence electrons. The number of halogens is 1. The van der Waals surface area contributed by atoms with Gasteiger partial charge in [0.2, 0.25) is 0 Å². The van der Waals surface area contributed by atoms with Crippen LogP contribution in [0.15, 0.2) is 19.8 Å². The Bertz CT molecular complexity index is 468. The molecule has 6 heteroatoms. The average Bonchev–Trinajstić information content (AvgIpc) is 2.87. The summed E-state index contributed by atoms with van der Waals surface area (Å²) in [6, 6.07) is 2.32. The van der Waals surface area contributed by atoms with Crippen LogP contribution in [0, 0.1) is 0 Å². The lowest BCUT2D eigenvalue weighted by atomic mass is 10.2. The Hall–Kier alpha value is -0.720. The molecule has 0 aliphatic rings. The van der Waals surface area contributed by atoms with E-state index in [1.165, 1.54) is 0 Å². The van der Waals surface area contributed by atoms with Gasteiger partial charge < -0.3 is 9.84 Å². The molecule has 0 radical (unpaired) electrons. The molecule has 16 heavy (non-hydrogen) atoms. The first-order valence-electron chi connectivity index (χ1n) is 4.93. The number of likely N-dealkylation sites (N-methyl/N-ethyl adjacent to an activating group) is 1. The quantitative estimate of drug-likeness (QED) is 0.943. The molecule has 0 saturated carbocycles. The van der Waals surface area contributed by atoms with Crippen molar-refractivity contribution in [2.45, 2.75) is 19.4 Å². The Morgan fingerprint density at radius 3 is 3.06 bits per heavy atom. The molecular formula is C10H12BrN3OS. The van der Waals surface area contributed by atoms with Crippen molar-refractivity contribution in [2.75, 3.05) is 7.05 Å². The van der Waals surface area contributed by atoms with Crippen molar-refractivity contribution in [3.63, 3.8) is 0 Å². The van der Waals surface area contributed by atoms with Crippen LogP contribution < -0.4 is 5.32 Å². The standard InChI is InChI=1S/C10H12BrN3OS/c1-6(12-2)3-9-13-10(15-14-9)7-4-8(11)16-5-7/h4-6,12H,3H2,1-2H3. The second kappa shape index (κ2) is 5.07. The number of hydrogen-bond donors (Lipinski definition) is 1. The van der Waals surface area contributed by atoms with Gasteiger partial charge in [0.25, 0.3) is 5.89 Å². The predicted octanol–water partition coefficient (Wildman–Crippen LogP) is 2.71. The van der Waals surface area contributed by atoms with E-state index in [2.05, 4.69) is 38.3 Å². The van der Waals surface area contributed by atoms with Crippen LogP contribution in [-0.4, -0.2) is 23.2 Å². The van der Waals surface area contributed by atoms with Crippen LogP contribution in [0.2, 0.25) is 0 Å². The molecule has 2 aromatic rings. The molecule has 0 aliphatic heterocycles. The van der Waals surface area contributed by atoms with Gasteiger partial charge in [-0.3, -0.25) is 0 Å². The maximum Gasteiger partial charge on any atom is 0.258 e. The highest BCUT2D eigenvalue weighted by Crippen LogP contribution is 2.27. The Morgan fingerprint density at radius 2 is 2.44 bits per heavy atom. The third-order valence-corrected chi connectivity index (χ3v) is 3.77. The van der Waals surface area contributed by atoms with Crippen LogP contribution in [0.3, 0.4) is 0 Å². The van der Waals surface area contributed by atoms with E-state index in [0.29, 0.717) is 11.9 Å². The van der Waals surface area contributed by atoms with Crippen LogP contribution in [0.25, 0.3) is 11.5 Å². The summed E-state index contributed by atoms with van der Waals surface area (Å²) < 4.78 is 6.27. The third kappa shape index (κ3) is 2.69. The van der Waals surface area contributed by atoms with Gasteiger partial charge in [-0.2, -0.15) is 4.98 Å². The molecule has 0 saturated heterocycles. The molecule has 4 nitrogen and oxygen atoms in total. The van der Waals surface area contributed by atoms with Gasteiger partial charge in [-0.05, 0) is 36.0 Å². The van der Waals surface area contributed by atoms with Crippen molar-refractivity contribution in [2.24, 2.45) is 0 Å². The van der Waals surface area contributed by atoms with E-state index in [9.17, 15) is 0 Å². The highest BCUT2D eigenvalue weighted by Gasteiger charge is 2.12. The number of aromatic nitrogens is 2. The van der Waals surface area contributed by atoms with Crippen molar-refractivity contribution < 1.29 is 4.52 Å². The van der Waals surface area contributed by atoms with Crippen molar-refractivity contribution in [3.05, 3.63) is 21.1 Å². The summed E-state index contributed by atoms with van der Waals surface area (Å²) in [6.45, 7) is 2.08. The first-order chi connectivity index (χ1) is 7.69. The lowest BCUT2D eigenvalue weighted by molar-refractivity contribution is 0.418. The Morgan fingerprint density at radius 1 is 1.62 bits per heavy atom. The van der Waals surface area contributed by atoms with E-state index in [-0.39, 0.29) is 0 Å². The van der Waals surface area contributed by atoms with Gasteiger partial charge in [0.1, 0.15) is 0 Å². The highest BCUT2D eigenvalue weighted by molar-refractivity contribution is 9.11. The lowest BCUT2D eigenvalue weighted by Crippen LogP contribution is -2.24. The third-order valence-electron chi connectivity index (χ3n) is 2.26. The normalized spacial score (nSPS) is 12.9. The second-order valence-electron chi connectivity index (χ2n) is 3.55. The van der Waals surface area contributed by atoms with E-state index in [1.54, 1.807) is 11.3 Å². The molecule has 0 aromatic carbocycles. The number of nitrogens with zero attached hydrogens (tertiary/aromatic N) is 2. The van der Waals surface area contributed by atoms with E-state index < -0.39 is 0 Å². The zero-order valence-corrected chi connectivity index (χ0v) is 11.4. The first kappa shape index (κ1) is 11.8. The van der Waals surface area contributed by atoms with Gasteiger partial charge in [0, 0.05) is 17.8 Å². The molecule has 1 atom stereocenters. The van der Waals surface area contributed by atoms with Crippen LogP contribution in [0.5, 0.6) is 0 Å². The fourth-order valence-electron chi connectivity index (χ4n) is 1.25. The summed E-state index contributed by atoms with van der Waals surface area (Å²) in [5.41, 5.74) is 0.965. The van der Waals surface area contributed by atoms with Gasteiger partial charge in [-0.1, -0.05) is 5.16 Å². The van der Waals surface area contributed by atoms with Crippen LogP contribution in [-0.2, 0) is 6.42 Å². The minimum Gasteiger partial charge on any atom is -0.334 e. The van der Waals surface area contributed by atoms with Crippen LogP contribution in [0.4, 0.5) is 0 Å². The van der Waals surface area contributed by atoms with E-state index in [4.69, 9.17) is 4.52 Å². The van der Waals surface area contributed by atoms with Gasteiger partial charge in [-0.25, -0.2) is 0 Å². The van der Waals surface area contributed by atoms with Gasteiger partial charge in [0.15, 0.2) is 5.82 Å². The molecule has 0 bridgehead atoms. The molecule has 2 aromatic heterocycles. The lowest BCUT2D eigenvalue weighted by Gasteiger charge is -2.04. The summed E-state index contributed by atoms with van der Waals surface area (Å²) in [4.78, 5) is 4.35. The Labute approximate surface area is 106 Å². The SMILES string of the molecule is CNC(C)Cc1noc(-c2csc(Br)c2)n1. The van der Waals surface area contributed by atoms with Gasteiger partial charge in [0.05, 0.1) is 9.35 Å². The minimum absolute atomic E-state index is 0.347. The average molecular weight is 302 g/mol. The van der Waals surface area contributed by atoms with Crippen molar-refractivity contribution in [1.29, 1.82) is 0 Å². The zero-order chi connectivity index (χ0) is 11.5. The molecule has 1 unspecified atom stereocenters. The van der Waals surface area contributed by atoms with E-state index >= 15 is 0 Å². The Kier molecular flexibility index (Phi) is 3.73. The molecule has 0 spiro atoms. The fraction of sp³-hybridized carbons (Fsp3) is 0.400. The summed E-state index contributed by atoms with van der Waals surface area (Å²) in [5, 5.41) is 9.08. The molecule has 2 rings (SSSR count). The number of nitrogens with one attached hydrogen (secondary N) is 1. The Balaban J connectivity index is 2.13. The summed E-state index contributed by atoms with van der Waals surface area (Å²) >= 11 is 5.01. The van der Waals surface area contributed by atoms with Gasteiger partial charge in [-0.15, -0.1) is 11.3 Å². The van der Waals surface area contributed by atoms with Crippen LogP contribution in [0.1, 0.15) is 12.7 Å². The molecule has 0 fully saturated rings. The molecular weight excluding hydrogens is 290 g/mol. The first-order valence-corrected chi connectivity index (χ1v) is 6.60. The monoisotopic (exact) mass is 301 g/mol. The van der Waals surface area contributed by atoms with Crippen LogP contribution >= 0.6 is 27.3 Å². The number of thiophene rings is 1. The maximum atomic E-state index is 5.21. The topological polar surface area (TPSA) is 51.0 Å². The van der Waals surface area contributed by atoms with Crippen molar-refractivity contribution in [3.8, 4) is 11.5 Å². The number of rotatable bonds is 4. The van der Waals surface area contributed by atoms with Gasteiger partial charge >= 0.3 is 0 Å². The predicted molar refractivity (Wildman–Crippen MR) is 67.5 cm³/mol. The van der Waals surface area contributed by atoms with Crippen molar-refractivity contribution >= 4 is 27.3 Å². The number of hydrogen-bond acceptors (Lipinski definition) is 5. The minimum atomic E-state index is 0.347. The second-order valence-corrected chi connectivity index (χ2v) is 5.84. The van der Waals surface area contributed by atoms with E-state index in [0.717, 1.165) is 21.6 Å². The molecule has 2 heterocycles. The summed E-state index contributed by atoms with van der Waals surface area (Å²) in [7, 11) is 1.92. The zero-order valence-electron chi connectivity index (χ0n) is 9.03. The maximum absolute atomic E-state index is 5.21. The summed E-state index contributed by atoms with van der Waals surface area (Å²) in [6.07, 6.45) is 0.769. The molecule has 0 amide bonds. The fourth-order valence-corrected chi connectivity index (χ4v) is 2.38. The highest BCUT2D eigenvalue weighted by atomic mass is 79.9. The van der Waals surface area contributed by atoms with E-state index in [1.807, 2.05) is 18.5 Å².